The Hall–Kier alpha value is -3.19. The summed E-state index contributed by atoms with van der Waals surface area (Å²) in [5.74, 6) is -0.875. The number of hydrogen-bond donors (Lipinski definition) is 2. The molecule has 28 heavy (non-hydrogen) atoms. The Morgan fingerprint density at radius 2 is 1.64 bits per heavy atom. The van der Waals surface area contributed by atoms with Gasteiger partial charge in [0.2, 0.25) is 0 Å². The number of benzene rings is 3. The van der Waals surface area contributed by atoms with Crippen LogP contribution in [-0.4, -0.2) is 14.3 Å². The standard InChI is InChI=1S/C21H19FN2O3S/c1-14-6-3-4-9-19(14)23-21(25)16-10-11-20(15(2)12-16)28(26,27)24-18-8-5-7-17(22)13-18/h3-13,24H,1-2H3,(H,23,25). The maximum Gasteiger partial charge on any atom is 0.262 e. The van der Waals surface area contributed by atoms with Gasteiger partial charge in [-0.2, -0.15) is 0 Å². The monoisotopic (exact) mass is 398 g/mol. The summed E-state index contributed by atoms with van der Waals surface area (Å²) in [6.45, 7) is 3.49. The summed E-state index contributed by atoms with van der Waals surface area (Å²) >= 11 is 0. The number of carbonyl (C=O) groups excluding carboxylic acids is 1. The molecule has 144 valence electrons. The van der Waals surface area contributed by atoms with Crippen molar-refractivity contribution in [2.45, 2.75) is 18.7 Å². The summed E-state index contributed by atoms with van der Waals surface area (Å²) < 4.78 is 40.9. The van der Waals surface area contributed by atoms with Gasteiger partial charge in [-0.1, -0.05) is 24.3 Å². The SMILES string of the molecule is Cc1ccccc1NC(=O)c1ccc(S(=O)(=O)Nc2cccc(F)c2)c(C)c1. The molecule has 0 saturated heterocycles. The first kappa shape index (κ1) is 19.6. The van der Waals surface area contributed by atoms with E-state index in [0.29, 0.717) is 16.8 Å². The van der Waals surface area contributed by atoms with E-state index in [4.69, 9.17) is 0 Å². The molecule has 0 aliphatic heterocycles. The third kappa shape index (κ3) is 4.37. The highest BCUT2D eigenvalue weighted by Gasteiger charge is 2.19. The summed E-state index contributed by atoms with van der Waals surface area (Å²) in [6, 6.07) is 16.9. The molecular formula is C21H19FN2O3S. The van der Waals surface area contributed by atoms with Gasteiger partial charge in [0.1, 0.15) is 5.82 Å². The van der Waals surface area contributed by atoms with Gasteiger partial charge in [0.05, 0.1) is 10.6 Å². The van der Waals surface area contributed by atoms with E-state index in [1.807, 2.05) is 25.1 Å². The highest BCUT2D eigenvalue weighted by molar-refractivity contribution is 7.92. The topological polar surface area (TPSA) is 75.3 Å². The maximum atomic E-state index is 13.3. The maximum absolute atomic E-state index is 13.3. The number of anilines is 2. The molecular weight excluding hydrogens is 379 g/mol. The molecule has 3 aromatic carbocycles. The molecule has 0 atom stereocenters. The van der Waals surface area contributed by atoms with Crippen molar-refractivity contribution in [3.8, 4) is 0 Å². The predicted octanol–water partition coefficient (Wildman–Crippen LogP) is 4.50. The minimum atomic E-state index is -3.92. The fourth-order valence-corrected chi connectivity index (χ4v) is 4.04. The van der Waals surface area contributed by atoms with E-state index < -0.39 is 15.8 Å². The smallest absolute Gasteiger partial charge is 0.262 e. The Morgan fingerprint density at radius 1 is 0.893 bits per heavy atom. The van der Waals surface area contributed by atoms with Crippen LogP contribution in [-0.2, 0) is 10.0 Å². The molecule has 2 N–H and O–H groups in total. The Bertz CT molecular complexity index is 1140. The number of nitrogens with one attached hydrogen (secondary N) is 2. The third-order valence-corrected chi connectivity index (χ3v) is 5.74. The fraction of sp³-hybridized carbons (Fsp3) is 0.0952. The van der Waals surface area contributed by atoms with Crippen LogP contribution in [0, 0.1) is 19.7 Å². The summed E-state index contributed by atoms with van der Waals surface area (Å²) in [6.07, 6.45) is 0. The van der Waals surface area contributed by atoms with Gasteiger partial charge in [-0.15, -0.1) is 0 Å². The lowest BCUT2D eigenvalue weighted by molar-refractivity contribution is 0.102. The van der Waals surface area contributed by atoms with Crippen molar-refractivity contribution in [3.05, 3.63) is 89.2 Å². The Kier molecular flexibility index (Phi) is 5.46. The minimum Gasteiger partial charge on any atom is -0.322 e. The van der Waals surface area contributed by atoms with Crippen LogP contribution in [0.2, 0.25) is 0 Å². The van der Waals surface area contributed by atoms with Gasteiger partial charge in [-0.25, -0.2) is 12.8 Å². The zero-order valence-corrected chi connectivity index (χ0v) is 16.2. The van der Waals surface area contributed by atoms with E-state index in [9.17, 15) is 17.6 Å². The summed E-state index contributed by atoms with van der Waals surface area (Å²) in [7, 11) is -3.92. The van der Waals surface area contributed by atoms with Crippen molar-refractivity contribution in [1.29, 1.82) is 0 Å². The molecule has 0 spiro atoms. The third-order valence-electron chi connectivity index (χ3n) is 4.20. The van der Waals surface area contributed by atoms with Crippen molar-refractivity contribution >= 4 is 27.3 Å². The summed E-state index contributed by atoms with van der Waals surface area (Å²) in [5, 5.41) is 2.81. The first-order chi connectivity index (χ1) is 13.3. The normalized spacial score (nSPS) is 11.1. The van der Waals surface area contributed by atoms with Crippen molar-refractivity contribution < 1.29 is 17.6 Å². The molecule has 3 rings (SSSR count). The molecule has 1 amide bonds. The van der Waals surface area contributed by atoms with Crippen LogP contribution in [0.4, 0.5) is 15.8 Å². The van der Waals surface area contributed by atoms with Crippen molar-refractivity contribution in [1.82, 2.24) is 0 Å². The first-order valence-electron chi connectivity index (χ1n) is 8.52. The van der Waals surface area contributed by atoms with Crippen LogP contribution < -0.4 is 10.0 Å². The van der Waals surface area contributed by atoms with Gasteiger partial charge in [0.15, 0.2) is 0 Å². The van der Waals surface area contributed by atoms with Gasteiger partial charge in [0, 0.05) is 11.3 Å². The molecule has 0 aromatic heterocycles. The van der Waals surface area contributed by atoms with Gasteiger partial charge < -0.3 is 5.32 Å². The van der Waals surface area contributed by atoms with Crippen LogP contribution in [0.5, 0.6) is 0 Å². The number of aryl methyl sites for hydroxylation is 2. The fourth-order valence-electron chi connectivity index (χ4n) is 2.76. The van der Waals surface area contributed by atoms with Gasteiger partial charge in [-0.3, -0.25) is 9.52 Å². The number of rotatable bonds is 5. The molecule has 0 fully saturated rings. The van der Waals surface area contributed by atoms with Crippen molar-refractivity contribution in [3.63, 3.8) is 0 Å². The Balaban J connectivity index is 1.83. The minimum absolute atomic E-state index is 0.0178. The van der Waals surface area contributed by atoms with Crippen LogP contribution in [0.15, 0.2) is 71.6 Å². The largest absolute Gasteiger partial charge is 0.322 e. The zero-order valence-electron chi connectivity index (χ0n) is 15.4. The molecule has 0 radical (unpaired) electrons. The summed E-state index contributed by atoms with van der Waals surface area (Å²) in [4.78, 5) is 12.5. The molecule has 0 saturated carbocycles. The van der Waals surface area contributed by atoms with E-state index in [0.717, 1.165) is 11.6 Å². The Labute approximate surface area is 163 Å². The number of halogens is 1. The molecule has 0 aliphatic carbocycles. The van der Waals surface area contributed by atoms with E-state index in [1.54, 1.807) is 13.0 Å². The average Bonchev–Trinajstić information content (AvgIpc) is 2.63. The van der Waals surface area contributed by atoms with Crippen LogP contribution in [0.25, 0.3) is 0 Å². The number of amides is 1. The molecule has 0 aliphatic rings. The van der Waals surface area contributed by atoms with Crippen LogP contribution in [0.3, 0.4) is 0 Å². The summed E-state index contributed by atoms with van der Waals surface area (Å²) in [5.41, 5.74) is 2.48. The molecule has 0 bridgehead atoms. The lowest BCUT2D eigenvalue weighted by atomic mass is 10.1. The molecule has 7 heteroatoms. The number of para-hydroxylation sites is 1. The second-order valence-electron chi connectivity index (χ2n) is 6.37. The second kappa shape index (κ2) is 7.82. The first-order valence-corrected chi connectivity index (χ1v) is 10.0. The Morgan fingerprint density at radius 3 is 2.32 bits per heavy atom. The highest BCUT2D eigenvalue weighted by Crippen LogP contribution is 2.22. The zero-order chi connectivity index (χ0) is 20.3. The lowest BCUT2D eigenvalue weighted by Crippen LogP contribution is -2.16. The molecule has 3 aromatic rings. The quantitative estimate of drug-likeness (QED) is 0.665. The van der Waals surface area contributed by atoms with E-state index in [-0.39, 0.29) is 16.5 Å². The number of carbonyl (C=O) groups is 1. The van der Waals surface area contributed by atoms with Crippen LogP contribution >= 0.6 is 0 Å². The lowest BCUT2D eigenvalue weighted by Gasteiger charge is -2.12. The van der Waals surface area contributed by atoms with Gasteiger partial charge >= 0.3 is 0 Å². The highest BCUT2D eigenvalue weighted by atomic mass is 32.2. The number of sulfonamides is 1. The van der Waals surface area contributed by atoms with Gasteiger partial charge in [0.25, 0.3) is 15.9 Å². The predicted molar refractivity (Wildman–Crippen MR) is 108 cm³/mol. The van der Waals surface area contributed by atoms with Gasteiger partial charge in [-0.05, 0) is 67.4 Å². The van der Waals surface area contributed by atoms with E-state index in [2.05, 4.69) is 10.0 Å². The number of hydrogen-bond acceptors (Lipinski definition) is 3. The van der Waals surface area contributed by atoms with Crippen LogP contribution in [0.1, 0.15) is 21.5 Å². The molecule has 0 unspecified atom stereocenters. The second-order valence-corrected chi connectivity index (χ2v) is 8.02. The van der Waals surface area contributed by atoms with E-state index in [1.165, 1.54) is 36.4 Å². The average molecular weight is 398 g/mol. The van der Waals surface area contributed by atoms with Crippen molar-refractivity contribution in [2.24, 2.45) is 0 Å². The molecule has 0 heterocycles. The molecule has 5 nitrogen and oxygen atoms in total. The van der Waals surface area contributed by atoms with E-state index >= 15 is 0 Å². The van der Waals surface area contributed by atoms with Crippen molar-refractivity contribution in [2.75, 3.05) is 10.0 Å².